The molecular weight excluding hydrogens is 372 g/mol. The van der Waals surface area contributed by atoms with Crippen molar-refractivity contribution in [3.8, 4) is 17.2 Å². The van der Waals surface area contributed by atoms with Crippen LogP contribution in [0.1, 0.15) is 22.3 Å². The van der Waals surface area contributed by atoms with E-state index in [0.29, 0.717) is 56.1 Å². The zero-order valence-corrected chi connectivity index (χ0v) is 16.8. The molecule has 1 fully saturated rings. The maximum Gasteiger partial charge on any atom is 0.254 e. The second-order valence-corrected chi connectivity index (χ2v) is 6.91. The Morgan fingerprint density at radius 3 is 2.28 bits per heavy atom. The minimum absolute atomic E-state index is 0.0693. The van der Waals surface area contributed by atoms with Gasteiger partial charge in [0.05, 0.1) is 14.2 Å². The van der Waals surface area contributed by atoms with Crippen molar-refractivity contribution < 1.29 is 24.2 Å². The molecule has 7 nitrogen and oxygen atoms in total. The van der Waals surface area contributed by atoms with Crippen LogP contribution in [0, 0.1) is 0 Å². The zero-order valence-electron chi connectivity index (χ0n) is 16.8. The van der Waals surface area contributed by atoms with Crippen molar-refractivity contribution in [1.82, 2.24) is 9.80 Å². The Bertz CT molecular complexity index is 875. The number of carbonyl (C=O) groups is 2. The van der Waals surface area contributed by atoms with E-state index in [1.807, 2.05) is 18.2 Å². The quantitative estimate of drug-likeness (QED) is 0.808. The molecule has 1 N–H and O–H groups in total. The first kappa shape index (κ1) is 20.5. The highest BCUT2D eigenvalue weighted by atomic mass is 16.5. The number of aromatic hydroxyl groups is 1. The lowest BCUT2D eigenvalue weighted by molar-refractivity contribution is -0.132. The molecule has 0 unspecified atom stereocenters. The van der Waals surface area contributed by atoms with E-state index in [0.717, 1.165) is 5.56 Å². The van der Waals surface area contributed by atoms with Gasteiger partial charge in [-0.05, 0) is 42.3 Å². The van der Waals surface area contributed by atoms with Gasteiger partial charge in [-0.25, -0.2) is 0 Å². The molecule has 0 spiro atoms. The summed E-state index contributed by atoms with van der Waals surface area (Å²) in [5.74, 6) is 1.33. The number of hydrogen-bond donors (Lipinski definition) is 1. The number of phenolic OH excluding ortho intramolecular Hbond substituents is 1. The fraction of sp³-hybridized carbons (Fsp3) is 0.364. The van der Waals surface area contributed by atoms with Crippen molar-refractivity contribution in [3.63, 3.8) is 0 Å². The summed E-state index contributed by atoms with van der Waals surface area (Å²) in [5.41, 5.74) is 1.46. The van der Waals surface area contributed by atoms with E-state index in [1.54, 1.807) is 36.2 Å². The number of benzene rings is 2. The average Bonchev–Trinajstić information content (AvgIpc) is 2.76. The number of piperazine rings is 1. The average molecular weight is 398 g/mol. The molecule has 2 aromatic carbocycles. The molecule has 2 aromatic rings. The van der Waals surface area contributed by atoms with Crippen LogP contribution in [0.3, 0.4) is 0 Å². The van der Waals surface area contributed by atoms with Crippen molar-refractivity contribution >= 4 is 11.8 Å². The molecule has 7 heteroatoms. The number of amides is 2. The summed E-state index contributed by atoms with van der Waals surface area (Å²) in [5, 5.41) is 9.55. The van der Waals surface area contributed by atoms with E-state index in [1.165, 1.54) is 12.1 Å². The van der Waals surface area contributed by atoms with Gasteiger partial charge in [-0.2, -0.15) is 0 Å². The molecule has 0 aliphatic carbocycles. The Labute approximate surface area is 170 Å². The van der Waals surface area contributed by atoms with E-state index in [9.17, 15) is 14.7 Å². The number of ether oxygens (including phenoxy) is 2. The number of carbonyl (C=O) groups excluding carboxylic acids is 2. The SMILES string of the molecule is COc1ccc(CCC(=O)N2CCN(C(=O)c3cccc(O)c3)CC2)cc1OC. The number of aryl methyl sites for hydroxylation is 1. The lowest BCUT2D eigenvalue weighted by Crippen LogP contribution is -2.50. The first-order valence-corrected chi connectivity index (χ1v) is 9.59. The summed E-state index contributed by atoms with van der Waals surface area (Å²) in [6.07, 6.45) is 1.01. The number of hydrogen-bond acceptors (Lipinski definition) is 5. The fourth-order valence-electron chi connectivity index (χ4n) is 3.43. The summed E-state index contributed by atoms with van der Waals surface area (Å²) in [4.78, 5) is 28.6. The molecule has 1 heterocycles. The van der Waals surface area contributed by atoms with Gasteiger partial charge in [0.1, 0.15) is 5.75 Å². The summed E-state index contributed by atoms with van der Waals surface area (Å²) >= 11 is 0. The number of phenols is 1. The van der Waals surface area contributed by atoms with E-state index in [2.05, 4.69) is 0 Å². The maximum absolute atomic E-state index is 12.6. The van der Waals surface area contributed by atoms with E-state index >= 15 is 0 Å². The normalized spacial score (nSPS) is 13.9. The van der Waals surface area contributed by atoms with Gasteiger partial charge in [-0.3, -0.25) is 9.59 Å². The Balaban J connectivity index is 1.50. The molecule has 154 valence electrons. The Kier molecular flexibility index (Phi) is 6.59. The van der Waals surface area contributed by atoms with Crippen LogP contribution < -0.4 is 9.47 Å². The minimum Gasteiger partial charge on any atom is -0.508 e. The maximum atomic E-state index is 12.6. The van der Waals surface area contributed by atoms with E-state index in [4.69, 9.17) is 9.47 Å². The van der Waals surface area contributed by atoms with Crippen molar-refractivity contribution in [2.45, 2.75) is 12.8 Å². The molecule has 0 bridgehead atoms. The largest absolute Gasteiger partial charge is 0.508 e. The molecule has 0 atom stereocenters. The third-order valence-electron chi connectivity index (χ3n) is 5.09. The van der Waals surface area contributed by atoms with Crippen molar-refractivity contribution in [1.29, 1.82) is 0 Å². The minimum atomic E-state index is -0.127. The summed E-state index contributed by atoms with van der Waals surface area (Å²) < 4.78 is 10.5. The van der Waals surface area contributed by atoms with Crippen LogP contribution in [-0.2, 0) is 11.2 Å². The van der Waals surface area contributed by atoms with Crippen molar-refractivity contribution in [2.75, 3.05) is 40.4 Å². The van der Waals surface area contributed by atoms with Crippen LogP contribution in [0.4, 0.5) is 0 Å². The number of methoxy groups -OCH3 is 2. The highest BCUT2D eigenvalue weighted by Crippen LogP contribution is 2.28. The summed E-state index contributed by atoms with van der Waals surface area (Å²) in [6.45, 7) is 1.98. The highest BCUT2D eigenvalue weighted by Gasteiger charge is 2.24. The Morgan fingerprint density at radius 1 is 0.931 bits per heavy atom. The van der Waals surface area contributed by atoms with Gasteiger partial charge in [0.15, 0.2) is 11.5 Å². The van der Waals surface area contributed by atoms with Gasteiger partial charge in [-0.1, -0.05) is 12.1 Å². The van der Waals surface area contributed by atoms with E-state index in [-0.39, 0.29) is 17.6 Å². The molecule has 1 aliphatic rings. The molecule has 29 heavy (non-hydrogen) atoms. The molecule has 2 amide bonds. The standard InChI is InChI=1S/C22H26N2O5/c1-28-19-8-6-16(14-20(19)29-2)7-9-21(26)23-10-12-24(13-11-23)22(27)17-4-3-5-18(25)15-17/h3-6,8,14-15,25H,7,9-13H2,1-2H3. The monoisotopic (exact) mass is 398 g/mol. The lowest BCUT2D eigenvalue weighted by Gasteiger charge is -2.35. The molecular formula is C22H26N2O5. The summed E-state index contributed by atoms with van der Waals surface area (Å²) in [6, 6.07) is 12.0. The van der Waals surface area contributed by atoms with Gasteiger partial charge >= 0.3 is 0 Å². The smallest absolute Gasteiger partial charge is 0.254 e. The van der Waals surface area contributed by atoms with Gasteiger partial charge in [0.25, 0.3) is 5.91 Å². The van der Waals surface area contributed by atoms with Crippen LogP contribution in [0.25, 0.3) is 0 Å². The Hall–Kier alpha value is -3.22. The number of nitrogens with zero attached hydrogens (tertiary/aromatic N) is 2. The molecule has 0 saturated carbocycles. The molecule has 1 aliphatic heterocycles. The van der Waals surface area contributed by atoms with Crippen LogP contribution in [0.2, 0.25) is 0 Å². The van der Waals surface area contributed by atoms with Crippen LogP contribution >= 0.6 is 0 Å². The lowest BCUT2D eigenvalue weighted by atomic mass is 10.1. The topological polar surface area (TPSA) is 79.3 Å². The first-order valence-electron chi connectivity index (χ1n) is 9.59. The van der Waals surface area contributed by atoms with E-state index < -0.39 is 0 Å². The van der Waals surface area contributed by atoms with Crippen molar-refractivity contribution in [3.05, 3.63) is 53.6 Å². The van der Waals surface area contributed by atoms with Crippen LogP contribution in [0.5, 0.6) is 17.2 Å². The highest BCUT2D eigenvalue weighted by molar-refractivity contribution is 5.94. The van der Waals surface area contributed by atoms with Crippen molar-refractivity contribution in [2.24, 2.45) is 0 Å². The Morgan fingerprint density at radius 2 is 1.62 bits per heavy atom. The molecule has 3 rings (SSSR count). The van der Waals surface area contributed by atoms with Crippen LogP contribution in [-0.4, -0.2) is 67.1 Å². The van der Waals surface area contributed by atoms with Crippen LogP contribution in [0.15, 0.2) is 42.5 Å². The molecule has 0 radical (unpaired) electrons. The summed E-state index contributed by atoms with van der Waals surface area (Å²) in [7, 11) is 3.18. The fourth-order valence-corrected chi connectivity index (χ4v) is 3.43. The molecule has 0 aromatic heterocycles. The predicted octanol–water partition coefficient (Wildman–Crippen LogP) is 2.33. The second kappa shape index (κ2) is 9.32. The van der Waals surface area contributed by atoms with Gasteiger partial charge in [0.2, 0.25) is 5.91 Å². The third kappa shape index (κ3) is 4.99. The molecule has 1 saturated heterocycles. The zero-order chi connectivity index (χ0) is 20.8. The van der Waals surface area contributed by atoms with Gasteiger partial charge < -0.3 is 24.4 Å². The first-order chi connectivity index (χ1) is 14.0. The second-order valence-electron chi connectivity index (χ2n) is 6.91. The predicted molar refractivity (Wildman–Crippen MR) is 108 cm³/mol. The number of rotatable bonds is 6. The van der Waals surface area contributed by atoms with Gasteiger partial charge in [0, 0.05) is 38.2 Å². The van der Waals surface area contributed by atoms with Gasteiger partial charge in [-0.15, -0.1) is 0 Å². The third-order valence-corrected chi connectivity index (χ3v) is 5.09.